The van der Waals surface area contributed by atoms with Crippen LogP contribution in [0, 0.1) is 6.92 Å². The van der Waals surface area contributed by atoms with Gasteiger partial charge < -0.3 is 9.80 Å². The number of rotatable bonds is 6. The van der Waals surface area contributed by atoms with Crippen molar-refractivity contribution < 1.29 is 0 Å². The van der Waals surface area contributed by atoms with Crippen LogP contribution < -0.4 is 4.90 Å². The molecule has 0 aliphatic rings. The van der Waals surface area contributed by atoms with Crippen LogP contribution in [0.3, 0.4) is 0 Å². The highest BCUT2D eigenvalue weighted by molar-refractivity contribution is 9.08. The fourth-order valence-electron chi connectivity index (χ4n) is 2.50. The van der Waals surface area contributed by atoms with Gasteiger partial charge in [-0.05, 0) is 34.9 Å². The van der Waals surface area contributed by atoms with Crippen LogP contribution in [0.15, 0.2) is 0 Å². The predicted molar refractivity (Wildman–Crippen MR) is 81.6 cm³/mol. The Kier molecular flexibility index (Phi) is 5.66. The van der Waals surface area contributed by atoms with E-state index in [0.717, 1.165) is 24.1 Å². The van der Waals surface area contributed by atoms with E-state index in [1.54, 1.807) is 0 Å². The minimum atomic E-state index is 0.470. The number of alkyl halides is 1. The van der Waals surface area contributed by atoms with Gasteiger partial charge in [-0.3, -0.25) is 4.68 Å². The topological polar surface area (TPSA) is 24.3 Å². The Morgan fingerprint density at radius 2 is 2.00 bits per heavy atom. The highest BCUT2D eigenvalue weighted by atomic mass is 79.9. The number of likely N-dealkylation sites (N-methyl/N-ethyl adjacent to an activating group) is 2. The number of hydrogen-bond donors (Lipinski definition) is 0. The summed E-state index contributed by atoms with van der Waals surface area (Å²) in [6.45, 7) is 8.58. The maximum Gasteiger partial charge on any atom is 0.131 e. The van der Waals surface area contributed by atoms with Crippen LogP contribution in [0.2, 0.25) is 0 Å². The summed E-state index contributed by atoms with van der Waals surface area (Å²) in [7, 11) is 6.26. The van der Waals surface area contributed by atoms with Crippen molar-refractivity contribution in [1.29, 1.82) is 0 Å². The lowest BCUT2D eigenvalue weighted by Crippen LogP contribution is -2.41. The smallest absolute Gasteiger partial charge is 0.131 e. The molecule has 0 N–H and O–H groups in total. The lowest BCUT2D eigenvalue weighted by molar-refractivity contribution is 0.370. The monoisotopic (exact) mass is 316 g/mol. The van der Waals surface area contributed by atoms with E-state index in [9.17, 15) is 0 Å². The van der Waals surface area contributed by atoms with E-state index < -0.39 is 0 Å². The molecule has 1 heterocycles. The van der Waals surface area contributed by atoms with Crippen LogP contribution >= 0.6 is 15.9 Å². The van der Waals surface area contributed by atoms with Crippen LogP contribution in [0.5, 0.6) is 0 Å². The zero-order chi connectivity index (χ0) is 13.9. The number of hydrogen-bond acceptors (Lipinski definition) is 3. The fourth-order valence-corrected chi connectivity index (χ4v) is 3.16. The van der Waals surface area contributed by atoms with E-state index in [4.69, 9.17) is 0 Å². The molecular formula is C13H25BrN4. The molecule has 0 fully saturated rings. The Balaban J connectivity index is 3.08. The van der Waals surface area contributed by atoms with Gasteiger partial charge in [0.15, 0.2) is 0 Å². The number of anilines is 1. The van der Waals surface area contributed by atoms with Crippen molar-refractivity contribution >= 4 is 21.7 Å². The molecule has 0 spiro atoms. The van der Waals surface area contributed by atoms with Crippen LogP contribution in [0.4, 0.5) is 5.82 Å². The maximum absolute atomic E-state index is 4.54. The molecule has 4 nitrogen and oxygen atoms in total. The molecule has 0 saturated heterocycles. The molecule has 1 atom stereocenters. The van der Waals surface area contributed by atoms with E-state index in [2.05, 4.69) is 65.7 Å². The van der Waals surface area contributed by atoms with E-state index in [-0.39, 0.29) is 0 Å². The Hall–Kier alpha value is -0.550. The molecule has 1 unspecified atom stereocenters. The summed E-state index contributed by atoms with van der Waals surface area (Å²) in [6, 6.07) is 0.470. The third-order valence-corrected chi connectivity index (χ3v) is 3.78. The highest BCUT2D eigenvalue weighted by Crippen LogP contribution is 2.27. The van der Waals surface area contributed by atoms with Crippen molar-refractivity contribution in [3.8, 4) is 0 Å². The first-order valence-electron chi connectivity index (χ1n) is 6.42. The molecule has 0 saturated carbocycles. The van der Waals surface area contributed by atoms with E-state index in [1.807, 2.05) is 11.7 Å². The third-order valence-electron chi connectivity index (χ3n) is 3.22. The van der Waals surface area contributed by atoms with Gasteiger partial charge >= 0.3 is 0 Å². The SMILES string of the molecule is CCN(c1c(CBr)c(C)nn1C)C(C)CN(C)C. The van der Waals surface area contributed by atoms with Crippen LogP contribution in [-0.2, 0) is 12.4 Å². The van der Waals surface area contributed by atoms with Gasteiger partial charge in [-0.25, -0.2) is 0 Å². The molecule has 0 amide bonds. The van der Waals surface area contributed by atoms with Crippen molar-refractivity contribution in [2.24, 2.45) is 7.05 Å². The predicted octanol–water partition coefficient (Wildman–Crippen LogP) is 2.40. The highest BCUT2D eigenvalue weighted by Gasteiger charge is 2.21. The zero-order valence-corrected chi connectivity index (χ0v) is 14.0. The number of halogens is 1. The van der Waals surface area contributed by atoms with Crippen molar-refractivity contribution in [3.05, 3.63) is 11.3 Å². The van der Waals surface area contributed by atoms with Crippen molar-refractivity contribution in [2.45, 2.75) is 32.1 Å². The molecule has 1 aromatic rings. The minimum Gasteiger partial charge on any atom is -0.353 e. The molecule has 1 aromatic heterocycles. The largest absolute Gasteiger partial charge is 0.353 e. The van der Waals surface area contributed by atoms with E-state index in [1.165, 1.54) is 11.4 Å². The zero-order valence-electron chi connectivity index (χ0n) is 12.4. The normalized spacial score (nSPS) is 13.1. The lowest BCUT2D eigenvalue weighted by Gasteiger charge is -2.32. The second-order valence-corrected chi connectivity index (χ2v) is 5.60. The first-order valence-corrected chi connectivity index (χ1v) is 7.54. The Labute approximate surface area is 119 Å². The van der Waals surface area contributed by atoms with E-state index in [0.29, 0.717) is 6.04 Å². The minimum absolute atomic E-state index is 0.470. The lowest BCUT2D eigenvalue weighted by atomic mass is 10.2. The average molecular weight is 317 g/mol. The molecule has 0 aliphatic heterocycles. The summed E-state index contributed by atoms with van der Waals surface area (Å²) in [6.07, 6.45) is 0. The van der Waals surface area contributed by atoms with Gasteiger partial charge in [0.1, 0.15) is 5.82 Å². The first-order chi connectivity index (χ1) is 8.42. The average Bonchev–Trinajstić information content (AvgIpc) is 2.54. The fraction of sp³-hybridized carbons (Fsp3) is 0.769. The molecular weight excluding hydrogens is 292 g/mol. The quantitative estimate of drug-likeness (QED) is 0.753. The summed E-state index contributed by atoms with van der Waals surface area (Å²) in [5, 5.41) is 5.40. The van der Waals surface area contributed by atoms with Crippen molar-refractivity contribution in [3.63, 3.8) is 0 Å². The maximum atomic E-state index is 4.54. The summed E-state index contributed by atoms with van der Waals surface area (Å²) in [5.41, 5.74) is 2.41. The van der Waals surface area contributed by atoms with Gasteiger partial charge in [-0.2, -0.15) is 5.10 Å². The number of aromatic nitrogens is 2. The number of nitrogens with zero attached hydrogens (tertiary/aromatic N) is 4. The summed E-state index contributed by atoms with van der Waals surface area (Å²) in [4.78, 5) is 4.65. The van der Waals surface area contributed by atoms with Crippen LogP contribution in [-0.4, -0.2) is 47.9 Å². The van der Waals surface area contributed by atoms with Gasteiger partial charge in [-0.1, -0.05) is 15.9 Å². The van der Waals surface area contributed by atoms with Crippen LogP contribution in [0.1, 0.15) is 25.1 Å². The second-order valence-electron chi connectivity index (χ2n) is 5.04. The molecule has 104 valence electrons. The molecule has 0 aromatic carbocycles. The molecule has 0 bridgehead atoms. The van der Waals surface area contributed by atoms with Crippen LogP contribution in [0.25, 0.3) is 0 Å². The van der Waals surface area contributed by atoms with Gasteiger partial charge in [-0.15, -0.1) is 0 Å². The third kappa shape index (κ3) is 3.26. The number of aryl methyl sites for hydroxylation is 2. The Bertz CT molecular complexity index is 387. The molecule has 0 aliphatic carbocycles. The van der Waals surface area contributed by atoms with Gasteiger partial charge in [0, 0.05) is 37.1 Å². The molecule has 1 rings (SSSR count). The Morgan fingerprint density at radius 3 is 2.44 bits per heavy atom. The van der Waals surface area contributed by atoms with Crippen molar-refractivity contribution in [1.82, 2.24) is 14.7 Å². The Morgan fingerprint density at radius 1 is 1.39 bits per heavy atom. The molecule has 18 heavy (non-hydrogen) atoms. The molecule has 5 heteroatoms. The first kappa shape index (κ1) is 15.5. The second kappa shape index (κ2) is 6.57. The summed E-state index contributed by atoms with van der Waals surface area (Å²) < 4.78 is 2.00. The van der Waals surface area contributed by atoms with Crippen molar-refractivity contribution in [2.75, 3.05) is 32.1 Å². The standard InChI is InChI=1S/C13H25BrN4/c1-7-18(10(2)9-16(4)5)13-12(8-14)11(3)15-17(13)6/h10H,7-9H2,1-6H3. The van der Waals surface area contributed by atoms with Gasteiger partial charge in [0.05, 0.1) is 5.69 Å². The summed E-state index contributed by atoms with van der Waals surface area (Å²) >= 11 is 3.58. The van der Waals surface area contributed by atoms with E-state index >= 15 is 0 Å². The van der Waals surface area contributed by atoms with Gasteiger partial charge in [0.2, 0.25) is 0 Å². The molecule has 0 radical (unpaired) electrons. The summed E-state index contributed by atoms with van der Waals surface area (Å²) in [5.74, 6) is 1.24. The van der Waals surface area contributed by atoms with Gasteiger partial charge in [0.25, 0.3) is 0 Å².